The lowest BCUT2D eigenvalue weighted by Gasteiger charge is -2.36. The van der Waals surface area contributed by atoms with Crippen molar-refractivity contribution in [2.24, 2.45) is 0 Å². The molecule has 128 valence electrons. The van der Waals surface area contributed by atoms with Gasteiger partial charge in [0.1, 0.15) is 17.7 Å². The Labute approximate surface area is 141 Å². The lowest BCUT2D eigenvalue weighted by molar-refractivity contribution is -0.189. The van der Waals surface area contributed by atoms with Gasteiger partial charge in [-0.1, -0.05) is 11.6 Å². The molecule has 0 aromatic heterocycles. The predicted molar refractivity (Wildman–Crippen MR) is 79.1 cm³/mol. The van der Waals surface area contributed by atoms with Crippen LogP contribution in [0.4, 0.5) is 22.0 Å². The molecule has 1 aliphatic heterocycles. The maximum Gasteiger partial charge on any atom is 0.408 e. The molecule has 1 fully saturated rings. The van der Waals surface area contributed by atoms with Crippen molar-refractivity contribution >= 4 is 36.4 Å². The van der Waals surface area contributed by atoms with Gasteiger partial charge >= 0.3 is 6.18 Å². The fraction of sp³-hybridized carbons (Fsp3) is 0.500. The van der Waals surface area contributed by atoms with Crippen LogP contribution in [0.15, 0.2) is 12.1 Å². The largest absolute Gasteiger partial charge is 0.408 e. The van der Waals surface area contributed by atoms with E-state index in [-0.39, 0.29) is 37.9 Å². The van der Waals surface area contributed by atoms with Crippen LogP contribution in [0.3, 0.4) is 0 Å². The zero-order valence-electron chi connectivity index (χ0n) is 11.1. The Kier molecular flexibility index (Phi) is 8.36. The number of rotatable bonds is 2. The van der Waals surface area contributed by atoms with Gasteiger partial charge in [-0.15, -0.1) is 24.8 Å². The van der Waals surface area contributed by atoms with Gasteiger partial charge in [0.25, 0.3) is 0 Å². The van der Waals surface area contributed by atoms with Crippen molar-refractivity contribution in [1.82, 2.24) is 10.2 Å². The summed E-state index contributed by atoms with van der Waals surface area (Å²) in [6.45, 7) is 0.762. The fourth-order valence-corrected chi connectivity index (χ4v) is 2.45. The molecule has 0 bridgehead atoms. The number of hydrogen-bond donors (Lipinski definition) is 1. The first-order valence-electron chi connectivity index (χ1n) is 5.97. The molecule has 0 amide bonds. The summed E-state index contributed by atoms with van der Waals surface area (Å²) >= 11 is 5.48. The molecule has 2 rings (SSSR count). The van der Waals surface area contributed by atoms with Crippen molar-refractivity contribution in [2.75, 3.05) is 26.2 Å². The smallest absolute Gasteiger partial charge is 0.314 e. The fourth-order valence-electron chi connectivity index (χ4n) is 2.29. The molecule has 1 atom stereocenters. The lowest BCUT2D eigenvalue weighted by Crippen LogP contribution is -2.49. The summed E-state index contributed by atoms with van der Waals surface area (Å²) in [5, 5.41) is 2.37. The summed E-state index contributed by atoms with van der Waals surface area (Å²) in [6, 6.07) is -0.675. The predicted octanol–water partition coefficient (Wildman–Crippen LogP) is 3.97. The molecule has 0 saturated carbocycles. The average molecular weight is 388 g/mol. The number of piperazine rings is 1. The van der Waals surface area contributed by atoms with Crippen molar-refractivity contribution < 1.29 is 22.0 Å². The molecule has 1 aliphatic rings. The van der Waals surface area contributed by atoms with Crippen LogP contribution < -0.4 is 5.32 Å². The molecular weight excluding hydrogens is 373 g/mol. The maximum atomic E-state index is 13.9. The molecule has 1 saturated heterocycles. The van der Waals surface area contributed by atoms with Crippen LogP contribution in [0.1, 0.15) is 11.6 Å². The molecule has 10 heteroatoms. The second kappa shape index (κ2) is 8.49. The molecule has 0 radical (unpaired) electrons. The second-order valence-electron chi connectivity index (χ2n) is 4.49. The maximum absolute atomic E-state index is 13.9. The minimum atomic E-state index is -4.79. The van der Waals surface area contributed by atoms with E-state index in [4.69, 9.17) is 11.6 Å². The Bertz CT molecular complexity index is 492. The zero-order chi connectivity index (χ0) is 14.9. The monoisotopic (exact) mass is 386 g/mol. The highest BCUT2D eigenvalue weighted by atomic mass is 35.5. The molecule has 0 spiro atoms. The van der Waals surface area contributed by atoms with E-state index in [0.29, 0.717) is 13.1 Å². The van der Waals surface area contributed by atoms with Gasteiger partial charge in [-0.05, 0) is 12.1 Å². The Morgan fingerprint density at radius 3 is 2.14 bits per heavy atom. The molecule has 1 aromatic rings. The van der Waals surface area contributed by atoms with Crippen LogP contribution in [0.5, 0.6) is 0 Å². The summed E-state index contributed by atoms with van der Waals surface area (Å²) in [5.41, 5.74) is -1.04. The summed E-state index contributed by atoms with van der Waals surface area (Å²) in [6.07, 6.45) is -4.79. The van der Waals surface area contributed by atoms with Gasteiger partial charge in [0.2, 0.25) is 0 Å². The number of nitrogens with one attached hydrogen (secondary N) is 1. The van der Waals surface area contributed by atoms with Gasteiger partial charge in [-0.3, -0.25) is 4.90 Å². The number of halogens is 8. The lowest BCUT2D eigenvalue weighted by atomic mass is 10.0. The number of nitrogens with zero attached hydrogens (tertiary/aromatic N) is 1. The van der Waals surface area contributed by atoms with Gasteiger partial charge in [0.05, 0.1) is 10.6 Å². The van der Waals surface area contributed by atoms with Crippen molar-refractivity contribution in [1.29, 1.82) is 0 Å². The van der Waals surface area contributed by atoms with Crippen molar-refractivity contribution in [3.8, 4) is 0 Å². The van der Waals surface area contributed by atoms with E-state index in [0.717, 1.165) is 17.0 Å². The van der Waals surface area contributed by atoms with Gasteiger partial charge < -0.3 is 5.32 Å². The van der Waals surface area contributed by atoms with E-state index in [1.165, 1.54) is 0 Å². The van der Waals surface area contributed by atoms with Crippen LogP contribution in [-0.4, -0.2) is 37.3 Å². The van der Waals surface area contributed by atoms with Crippen LogP contribution in [0.25, 0.3) is 0 Å². The second-order valence-corrected chi connectivity index (χ2v) is 4.89. The summed E-state index contributed by atoms with van der Waals surface area (Å²) in [4.78, 5) is 1.01. The van der Waals surface area contributed by atoms with Crippen molar-refractivity contribution in [3.05, 3.63) is 34.4 Å². The Balaban J connectivity index is 0.00000220. The minimum absolute atomic E-state index is 0. The van der Waals surface area contributed by atoms with E-state index in [2.05, 4.69) is 5.32 Å². The quantitative estimate of drug-likeness (QED) is 0.610. The molecule has 1 aromatic carbocycles. The molecule has 0 aliphatic carbocycles. The van der Waals surface area contributed by atoms with Crippen molar-refractivity contribution in [2.45, 2.75) is 12.2 Å². The normalized spacial score (nSPS) is 17.4. The zero-order valence-corrected chi connectivity index (χ0v) is 13.5. The van der Waals surface area contributed by atoms with E-state index < -0.39 is 34.4 Å². The van der Waals surface area contributed by atoms with E-state index in [1.807, 2.05) is 0 Å². The van der Waals surface area contributed by atoms with Gasteiger partial charge in [0, 0.05) is 26.2 Å². The van der Waals surface area contributed by atoms with Crippen LogP contribution in [0, 0.1) is 11.6 Å². The Hall–Kier alpha value is -0.340. The minimum Gasteiger partial charge on any atom is -0.314 e. The number of hydrogen-bond acceptors (Lipinski definition) is 2. The highest BCUT2D eigenvalue weighted by Gasteiger charge is 2.47. The Morgan fingerprint density at radius 2 is 1.64 bits per heavy atom. The molecule has 2 nitrogen and oxygen atoms in total. The first-order valence-corrected chi connectivity index (χ1v) is 6.35. The van der Waals surface area contributed by atoms with Crippen LogP contribution in [-0.2, 0) is 0 Å². The average Bonchev–Trinajstić information content (AvgIpc) is 2.39. The molecule has 1 N–H and O–H groups in total. The summed E-state index contributed by atoms with van der Waals surface area (Å²) in [5.74, 6) is -2.60. The van der Waals surface area contributed by atoms with Gasteiger partial charge in [-0.25, -0.2) is 8.78 Å². The van der Waals surface area contributed by atoms with Crippen LogP contribution >= 0.6 is 36.4 Å². The summed E-state index contributed by atoms with van der Waals surface area (Å²) in [7, 11) is 0. The first-order chi connectivity index (χ1) is 9.32. The van der Waals surface area contributed by atoms with E-state index in [1.54, 1.807) is 0 Å². The molecule has 1 heterocycles. The molecule has 22 heavy (non-hydrogen) atoms. The van der Waals surface area contributed by atoms with E-state index >= 15 is 0 Å². The first kappa shape index (κ1) is 21.7. The molecular formula is C12H14Cl3F5N2. The summed E-state index contributed by atoms with van der Waals surface area (Å²) < 4.78 is 67.3. The van der Waals surface area contributed by atoms with Crippen LogP contribution in [0.2, 0.25) is 5.02 Å². The SMILES string of the molecule is Cl.Cl.Fc1ccc(Cl)c(F)c1[C@H](N1CCNCC1)C(F)(F)F. The van der Waals surface area contributed by atoms with Crippen molar-refractivity contribution in [3.63, 3.8) is 0 Å². The third kappa shape index (κ3) is 4.58. The van der Waals surface area contributed by atoms with Gasteiger partial charge in [0.15, 0.2) is 0 Å². The topological polar surface area (TPSA) is 15.3 Å². The van der Waals surface area contributed by atoms with Gasteiger partial charge in [-0.2, -0.15) is 13.2 Å². The third-order valence-electron chi connectivity index (χ3n) is 3.18. The highest BCUT2D eigenvalue weighted by molar-refractivity contribution is 6.30. The standard InChI is InChI=1S/C12H12ClF5N2.2ClH/c13-7-1-2-8(14)9(10(7)15)11(12(16,17)18)20-5-3-19-4-6-20;;/h1-2,11,19H,3-6H2;2*1H/t11-;;/m0../s1. The number of alkyl halides is 3. The molecule has 0 unspecified atom stereocenters. The third-order valence-corrected chi connectivity index (χ3v) is 3.47. The highest BCUT2D eigenvalue weighted by Crippen LogP contribution is 2.41. The van der Waals surface area contributed by atoms with E-state index in [9.17, 15) is 22.0 Å². The Morgan fingerprint density at radius 1 is 1.09 bits per heavy atom. The number of benzene rings is 1.